The summed E-state index contributed by atoms with van der Waals surface area (Å²) in [5, 5.41) is 19.6. The van der Waals surface area contributed by atoms with Gasteiger partial charge < -0.3 is 15.1 Å². The second-order valence-electron chi connectivity index (χ2n) is 8.63. The molecule has 0 bridgehead atoms. The third-order valence-corrected chi connectivity index (χ3v) is 5.33. The van der Waals surface area contributed by atoms with E-state index in [-0.39, 0.29) is 11.0 Å². The van der Waals surface area contributed by atoms with Gasteiger partial charge in [0, 0.05) is 24.3 Å². The molecule has 2 aromatic rings. The van der Waals surface area contributed by atoms with Crippen LogP contribution in [-0.2, 0) is 5.41 Å². The van der Waals surface area contributed by atoms with Crippen LogP contribution in [0, 0.1) is 11.8 Å². The number of hydrogen-bond donors (Lipinski definition) is 2. The molecule has 1 aliphatic heterocycles. The van der Waals surface area contributed by atoms with Gasteiger partial charge in [-0.1, -0.05) is 38.7 Å². The van der Waals surface area contributed by atoms with Crippen LogP contribution in [0.4, 0.5) is 5.69 Å². The van der Waals surface area contributed by atoms with E-state index in [0.29, 0.717) is 5.56 Å². The Morgan fingerprint density at radius 1 is 1.03 bits per heavy atom. The van der Waals surface area contributed by atoms with E-state index in [2.05, 4.69) is 49.6 Å². The fourth-order valence-electron chi connectivity index (χ4n) is 3.67. The van der Waals surface area contributed by atoms with Crippen LogP contribution in [0.25, 0.3) is 0 Å². The van der Waals surface area contributed by atoms with Crippen LogP contribution in [0.15, 0.2) is 42.5 Å². The van der Waals surface area contributed by atoms with Crippen molar-refractivity contribution in [1.29, 1.82) is 0 Å². The van der Waals surface area contributed by atoms with Gasteiger partial charge in [-0.3, -0.25) is 0 Å². The number of benzene rings is 2. The predicted molar refractivity (Wildman–Crippen MR) is 116 cm³/mol. The number of aliphatic hydroxyl groups excluding tert-OH is 1. The maximum atomic E-state index is 10.9. The standard InChI is InChI=1S/C25H29NO3/c1-25(2,3)21-17-20(12-13-22(21)26-15-5-4-6-16-26)23(27)14-9-18-7-10-19(11-8-18)24(28)29/h7-8,10-13,17,23,27H,4-6,15-16H2,1-3H3,(H,28,29). The molecule has 2 N–H and O–H groups in total. The lowest BCUT2D eigenvalue weighted by atomic mass is 9.83. The van der Waals surface area contributed by atoms with Gasteiger partial charge in [0.15, 0.2) is 0 Å². The first-order valence-electron chi connectivity index (χ1n) is 10.2. The van der Waals surface area contributed by atoms with Gasteiger partial charge in [0.05, 0.1) is 5.56 Å². The molecule has 0 radical (unpaired) electrons. The number of nitrogens with zero attached hydrogens (tertiary/aromatic N) is 1. The van der Waals surface area contributed by atoms with Gasteiger partial charge in [0.25, 0.3) is 0 Å². The molecule has 1 fully saturated rings. The summed E-state index contributed by atoms with van der Waals surface area (Å²) >= 11 is 0. The molecule has 4 heteroatoms. The van der Waals surface area contributed by atoms with Crippen molar-refractivity contribution >= 4 is 11.7 Å². The summed E-state index contributed by atoms with van der Waals surface area (Å²) in [5.41, 5.74) is 4.12. The Hall–Kier alpha value is -2.77. The molecule has 0 amide bonds. The Morgan fingerprint density at radius 2 is 1.69 bits per heavy atom. The van der Waals surface area contributed by atoms with Gasteiger partial charge in [0.1, 0.15) is 6.10 Å². The fraction of sp³-hybridized carbons (Fsp3) is 0.400. The number of carboxylic acids is 1. The molecule has 0 aromatic heterocycles. The number of carboxylic acid groups (broad SMARTS) is 1. The van der Waals surface area contributed by atoms with E-state index in [1.54, 1.807) is 12.1 Å². The third kappa shape index (κ3) is 5.19. The van der Waals surface area contributed by atoms with E-state index >= 15 is 0 Å². The summed E-state index contributed by atoms with van der Waals surface area (Å²) < 4.78 is 0. The maximum absolute atomic E-state index is 10.9. The van der Waals surface area contributed by atoms with E-state index in [1.165, 1.54) is 42.6 Å². The minimum absolute atomic E-state index is 0.0391. The van der Waals surface area contributed by atoms with Crippen LogP contribution >= 0.6 is 0 Å². The lowest BCUT2D eigenvalue weighted by molar-refractivity contribution is 0.0697. The number of aromatic carboxylic acids is 1. The summed E-state index contributed by atoms with van der Waals surface area (Å²) in [6.45, 7) is 8.75. The van der Waals surface area contributed by atoms with Crippen molar-refractivity contribution in [1.82, 2.24) is 0 Å². The molecule has 1 unspecified atom stereocenters. The monoisotopic (exact) mass is 391 g/mol. The molecule has 3 rings (SSSR count). The summed E-state index contributed by atoms with van der Waals surface area (Å²) in [4.78, 5) is 13.4. The van der Waals surface area contributed by atoms with Crippen LogP contribution in [0.3, 0.4) is 0 Å². The lowest BCUT2D eigenvalue weighted by Gasteiger charge is -2.34. The van der Waals surface area contributed by atoms with E-state index in [1.807, 2.05) is 6.07 Å². The summed E-state index contributed by atoms with van der Waals surface area (Å²) in [6.07, 6.45) is 2.84. The number of carbonyl (C=O) groups is 1. The highest BCUT2D eigenvalue weighted by Crippen LogP contribution is 2.35. The average molecular weight is 392 g/mol. The predicted octanol–water partition coefficient (Wildman–Crippen LogP) is 4.76. The van der Waals surface area contributed by atoms with Gasteiger partial charge in [-0.2, -0.15) is 0 Å². The molecule has 1 atom stereocenters. The Balaban J connectivity index is 1.85. The zero-order valence-electron chi connectivity index (χ0n) is 17.4. The molecule has 0 aliphatic carbocycles. The SMILES string of the molecule is CC(C)(C)c1cc(C(O)C#Cc2ccc(C(=O)O)cc2)ccc1N1CCCCC1. The molecule has 1 aliphatic rings. The molecule has 1 heterocycles. The van der Waals surface area contributed by atoms with Crippen molar-refractivity contribution in [2.45, 2.75) is 51.6 Å². The number of hydrogen-bond acceptors (Lipinski definition) is 3. The second kappa shape index (κ2) is 8.71. The Bertz CT molecular complexity index is 923. The second-order valence-corrected chi connectivity index (χ2v) is 8.63. The zero-order chi connectivity index (χ0) is 21.0. The van der Waals surface area contributed by atoms with Crippen LogP contribution in [0.2, 0.25) is 0 Å². The highest BCUT2D eigenvalue weighted by atomic mass is 16.4. The van der Waals surface area contributed by atoms with Crippen LogP contribution in [-0.4, -0.2) is 29.3 Å². The first kappa shape index (κ1) is 21.0. The van der Waals surface area contributed by atoms with Gasteiger partial charge in [-0.05, 0) is 72.2 Å². The minimum Gasteiger partial charge on any atom is -0.478 e. The van der Waals surface area contributed by atoms with E-state index in [9.17, 15) is 9.90 Å². The Kier molecular flexibility index (Phi) is 6.30. The third-order valence-electron chi connectivity index (χ3n) is 5.33. The molecule has 2 aromatic carbocycles. The van der Waals surface area contributed by atoms with Gasteiger partial charge in [0.2, 0.25) is 0 Å². The maximum Gasteiger partial charge on any atom is 0.335 e. The minimum atomic E-state index is -0.965. The molecule has 29 heavy (non-hydrogen) atoms. The molecule has 0 spiro atoms. The summed E-state index contributed by atoms with van der Waals surface area (Å²) in [5.74, 6) is 4.86. The van der Waals surface area contributed by atoms with Crippen molar-refractivity contribution in [2.24, 2.45) is 0 Å². The van der Waals surface area contributed by atoms with Crippen LogP contribution in [0.1, 0.15) is 73.2 Å². The summed E-state index contributed by atoms with van der Waals surface area (Å²) in [6, 6.07) is 12.5. The largest absolute Gasteiger partial charge is 0.478 e. The molecular weight excluding hydrogens is 362 g/mol. The van der Waals surface area contributed by atoms with Gasteiger partial charge >= 0.3 is 5.97 Å². The van der Waals surface area contributed by atoms with E-state index in [4.69, 9.17) is 5.11 Å². The molecule has 4 nitrogen and oxygen atoms in total. The van der Waals surface area contributed by atoms with Crippen molar-refractivity contribution in [3.63, 3.8) is 0 Å². The summed E-state index contributed by atoms with van der Waals surface area (Å²) in [7, 11) is 0. The number of rotatable bonds is 3. The number of aliphatic hydroxyl groups is 1. The van der Waals surface area contributed by atoms with Crippen LogP contribution < -0.4 is 4.90 Å². The average Bonchev–Trinajstić information content (AvgIpc) is 2.72. The zero-order valence-corrected chi connectivity index (χ0v) is 17.4. The number of piperidine rings is 1. The van der Waals surface area contributed by atoms with Crippen molar-refractivity contribution < 1.29 is 15.0 Å². The van der Waals surface area contributed by atoms with E-state index < -0.39 is 12.1 Å². The van der Waals surface area contributed by atoms with Crippen molar-refractivity contribution in [3.05, 3.63) is 64.7 Å². The Labute approximate surface area is 173 Å². The molecule has 0 saturated carbocycles. The normalized spacial score (nSPS) is 15.4. The molecule has 152 valence electrons. The van der Waals surface area contributed by atoms with E-state index in [0.717, 1.165) is 18.7 Å². The molecular formula is C25H29NO3. The lowest BCUT2D eigenvalue weighted by Crippen LogP contribution is -2.32. The first-order chi connectivity index (χ1) is 13.8. The highest BCUT2D eigenvalue weighted by Gasteiger charge is 2.23. The van der Waals surface area contributed by atoms with Gasteiger partial charge in [-0.25, -0.2) is 4.79 Å². The Morgan fingerprint density at radius 3 is 2.28 bits per heavy atom. The fourth-order valence-corrected chi connectivity index (χ4v) is 3.67. The van der Waals surface area contributed by atoms with Gasteiger partial charge in [-0.15, -0.1) is 0 Å². The van der Waals surface area contributed by atoms with Crippen LogP contribution in [0.5, 0.6) is 0 Å². The highest BCUT2D eigenvalue weighted by molar-refractivity contribution is 5.87. The quantitative estimate of drug-likeness (QED) is 0.741. The number of anilines is 1. The smallest absolute Gasteiger partial charge is 0.335 e. The topological polar surface area (TPSA) is 60.8 Å². The molecule has 1 saturated heterocycles. The first-order valence-corrected chi connectivity index (χ1v) is 10.2. The van der Waals surface area contributed by atoms with Crippen molar-refractivity contribution in [2.75, 3.05) is 18.0 Å². The van der Waals surface area contributed by atoms with Crippen molar-refractivity contribution in [3.8, 4) is 11.8 Å².